The summed E-state index contributed by atoms with van der Waals surface area (Å²) in [7, 11) is 0. The minimum absolute atomic E-state index is 0. The van der Waals surface area contributed by atoms with Gasteiger partial charge < -0.3 is 20.5 Å². The molecule has 1 aliphatic heterocycles. The fourth-order valence-corrected chi connectivity index (χ4v) is 2.79. The molecule has 0 aromatic rings. The smallest absolute Gasteiger partial charge is 0.191 e. The van der Waals surface area contributed by atoms with Crippen LogP contribution in [0.4, 0.5) is 0 Å². The summed E-state index contributed by atoms with van der Waals surface area (Å²) in [5.41, 5.74) is 0. The van der Waals surface area contributed by atoms with E-state index in [4.69, 9.17) is 4.74 Å². The van der Waals surface area contributed by atoms with Crippen molar-refractivity contribution in [2.24, 2.45) is 10.9 Å². The van der Waals surface area contributed by atoms with E-state index >= 15 is 0 Å². The number of likely N-dealkylation sites (N-methyl/N-ethyl adjacent to an activating group) is 1. The van der Waals surface area contributed by atoms with Crippen molar-refractivity contribution >= 4 is 29.9 Å². The van der Waals surface area contributed by atoms with Gasteiger partial charge in [-0.15, -0.1) is 24.0 Å². The highest BCUT2D eigenvalue weighted by Gasteiger charge is 2.22. The van der Waals surface area contributed by atoms with Crippen molar-refractivity contribution in [1.29, 1.82) is 0 Å². The summed E-state index contributed by atoms with van der Waals surface area (Å²) in [6.45, 7) is 13.8. The molecule has 3 N–H and O–H groups in total. The van der Waals surface area contributed by atoms with Crippen LogP contribution in [0.5, 0.6) is 0 Å². The van der Waals surface area contributed by atoms with Gasteiger partial charge in [0.1, 0.15) is 0 Å². The number of aliphatic hydroxyl groups is 1. The molecule has 1 heterocycles. The number of likely N-dealkylation sites (tertiary alicyclic amines) is 1. The van der Waals surface area contributed by atoms with Crippen molar-refractivity contribution in [3.8, 4) is 0 Å². The Labute approximate surface area is 164 Å². The number of hydrogen-bond donors (Lipinski definition) is 3. The maximum Gasteiger partial charge on any atom is 0.191 e. The lowest BCUT2D eigenvalue weighted by atomic mass is 10.2. The number of halogens is 1. The van der Waals surface area contributed by atoms with Crippen molar-refractivity contribution < 1.29 is 9.84 Å². The summed E-state index contributed by atoms with van der Waals surface area (Å²) >= 11 is 0. The Morgan fingerprint density at radius 1 is 1.29 bits per heavy atom. The van der Waals surface area contributed by atoms with E-state index in [9.17, 15) is 5.11 Å². The highest BCUT2D eigenvalue weighted by molar-refractivity contribution is 14.0. The van der Waals surface area contributed by atoms with E-state index in [1.807, 2.05) is 6.92 Å². The molecule has 0 radical (unpaired) electrons. The van der Waals surface area contributed by atoms with Crippen LogP contribution in [0.25, 0.3) is 0 Å². The van der Waals surface area contributed by atoms with Gasteiger partial charge in [-0.1, -0.05) is 20.8 Å². The Balaban J connectivity index is 0.00000529. The van der Waals surface area contributed by atoms with Crippen LogP contribution in [0, 0.1) is 5.92 Å². The average molecular weight is 456 g/mol. The molecule has 0 spiro atoms. The van der Waals surface area contributed by atoms with Crippen molar-refractivity contribution in [2.75, 3.05) is 45.9 Å². The van der Waals surface area contributed by atoms with Gasteiger partial charge in [0.25, 0.3) is 0 Å². The number of hydrogen-bond acceptors (Lipinski definition) is 4. The van der Waals surface area contributed by atoms with E-state index in [1.165, 1.54) is 19.4 Å². The normalized spacial score (nSPS) is 20.1. The molecule has 1 rings (SSSR count). The zero-order valence-corrected chi connectivity index (χ0v) is 18.1. The van der Waals surface area contributed by atoms with Crippen molar-refractivity contribution in [3.63, 3.8) is 0 Å². The molecule has 144 valence electrons. The largest absolute Gasteiger partial charge is 0.389 e. The molecule has 1 aliphatic rings. The number of guanidine groups is 1. The molecule has 1 fully saturated rings. The lowest BCUT2D eigenvalue weighted by molar-refractivity contribution is 0.0301. The van der Waals surface area contributed by atoms with Gasteiger partial charge in [0.2, 0.25) is 0 Å². The molecule has 2 atom stereocenters. The Morgan fingerprint density at radius 3 is 2.67 bits per heavy atom. The second-order valence-electron chi connectivity index (χ2n) is 6.61. The molecule has 0 saturated carbocycles. The van der Waals surface area contributed by atoms with E-state index in [2.05, 4.69) is 41.3 Å². The van der Waals surface area contributed by atoms with Crippen LogP contribution in [0.3, 0.4) is 0 Å². The lowest BCUT2D eigenvalue weighted by Gasteiger charge is -2.24. The molecule has 24 heavy (non-hydrogen) atoms. The summed E-state index contributed by atoms with van der Waals surface area (Å²) < 4.78 is 5.45. The van der Waals surface area contributed by atoms with Gasteiger partial charge in [-0.3, -0.25) is 9.89 Å². The maximum absolute atomic E-state index is 9.94. The molecule has 6 nitrogen and oxygen atoms in total. The van der Waals surface area contributed by atoms with Crippen LogP contribution in [0.1, 0.15) is 40.5 Å². The fraction of sp³-hybridized carbons (Fsp3) is 0.941. The minimum Gasteiger partial charge on any atom is -0.389 e. The van der Waals surface area contributed by atoms with Crippen molar-refractivity contribution in [1.82, 2.24) is 15.5 Å². The Morgan fingerprint density at radius 2 is 2.04 bits per heavy atom. The van der Waals surface area contributed by atoms with Crippen molar-refractivity contribution in [3.05, 3.63) is 0 Å². The first-order valence-electron chi connectivity index (χ1n) is 9.08. The van der Waals surface area contributed by atoms with Crippen LogP contribution in [-0.4, -0.2) is 74.0 Å². The average Bonchev–Trinajstić information content (AvgIpc) is 2.97. The third-order valence-corrected chi connectivity index (χ3v) is 3.98. The molecule has 7 heteroatoms. The summed E-state index contributed by atoms with van der Waals surface area (Å²) in [6.07, 6.45) is 1.97. The fourth-order valence-electron chi connectivity index (χ4n) is 2.79. The molecule has 1 saturated heterocycles. The number of aliphatic imine (C=N–C) groups is 1. The van der Waals surface area contributed by atoms with Crippen LogP contribution in [0.2, 0.25) is 0 Å². The van der Waals surface area contributed by atoms with Gasteiger partial charge in [0, 0.05) is 25.7 Å². The molecular formula is C17H37IN4O2. The first-order chi connectivity index (χ1) is 11.1. The maximum atomic E-state index is 9.94. The Kier molecular flexibility index (Phi) is 14.0. The minimum atomic E-state index is -0.553. The molecule has 0 aromatic carbocycles. The van der Waals surface area contributed by atoms with Crippen molar-refractivity contribution in [2.45, 2.75) is 52.7 Å². The van der Waals surface area contributed by atoms with E-state index in [1.54, 1.807) is 0 Å². The molecule has 0 aromatic heterocycles. The van der Waals surface area contributed by atoms with E-state index in [-0.39, 0.29) is 24.0 Å². The summed E-state index contributed by atoms with van der Waals surface area (Å²) in [6, 6.07) is 0.586. The number of nitrogens with zero attached hydrogens (tertiary/aromatic N) is 2. The van der Waals surface area contributed by atoms with Gasteiger partial charge >= 0.3 is 0 Å². The predicted octanol–water partition coefficient (Wildman–Crippen LogP) is 1.68. The Bertz CT molecular complexity index is 343. The zero-order chi connectivity index (χ0) is 17.1. The summed E-state index contributed by atoms with van der Waals surface area (Å²) in [5.74, 6) is 1.26. The molecular weight excluding hydrogens is 419 g/mol. The molecule has 0 aliphatic carbocycles. The number of ether oxygens (including phenoxy) is 1. The lowest BCUT2D eigenvalue weighted by Crippen LogP contribution is -2.45. The third kappa shape index (κ3) is 10.0. The SMILES string of the molecule is CCNC(=NCC(O)COCC(C)C)NCC1CCCN1CC.I. The zero-order valence-electron chi connectivity index (χ0n) is 15.8. The highest BCUT2D eigenvalue weighted by Crippen LogP contribution is 2.15. The quantitative estimate of drug-likeness (QED) is 0.265. The van der Waals surface area contributed by atoms with Crippen LogP contribution in [0.15, 0.2) is 4.99 Å². The van der Waals surface area contributed by atoms with E-state index < -0.39 is 6.10 Å². The molecule has 2 unspecified atom stereocenters. The highest BCUT2D eigenvalue weighted by atomic mass is 127. The topological polar surface area (TPSA) is 69.1 Å². The first-order valence-corrected chi connectivity index (χ1v) is 9.08. The van der Waals surface area contributed by atoms with Gasteiger partial charge in [-0.05, 0) is 38.8 Å². The Hall–Kier alpha value is -0.120. The van der Waals surface area contributed by atoms with E-state index in [0.717, 1.165) is 25.6 Å². The van der Waals surface area contributed by atoms with Crippen LogP contribution in [-0.2, 0) is 4.74 Å². The first kappa shape index (κ1) is 23.9. The number of aliphatic hydroxyl groups excluding tert-OH is 1. The third-order valence-electron chi connectivity index (χ3n) is 3.98. The van der Waals surface area contributed by atoms with Gasteiger partial charge in [-0.25, -0.2) is 0 Å². The van der Waals surface area contributed by atoms with Crippen LogP contribution < -0.4 is 10.6 Å². The van der Waals surface area contributed by atoms with Gasteiger partial charge in [0.15, 0.2) is 5.96 Å². The molecule has 0 bridgehead atoms. The number of rotatable bonds is 10. The molecule has 0 amide bonds. The van der Waals surface area contributed by atoms with Gasteiger partial charge in [0.05, 0.1) is 19.3 Å². The standard InChI is InChI=1S/C17H36N4O2.HI/c1-5-18-17(19-10-15-8-7-9-21(15)6-2)20-11-16(22)13-23-12-14(3)4;/h14-16,22H,5-13H2,1-4H3,(H2,18,19,20);1H. The van der Waals surface area contributed by atoms with Crippen LogP contribution >= 0.6 is 24.0 Å². The summed E-state index contributed by atoms with van der Waals surface area (Å²) in [5, 5.41) is 16.6. The predicted molar refractivity (Wildman–Crippen MR) is 111 cm³/mol. The van der Waals surface area contributed by atoms with E-state index in [0.29, 0.717) is 31.7 Å². The monoisotopic (exact) mass is 456 g/mol. The van der Waals surface area contributed by atoms with Gasteiger partial charge in [-0.2, -0.15) is 0 Å². The second-order valence-corrected chi connectivity index (χ2v) is 6.61. The summed E-state index contributed by atoms with van der Waals surface area (Å²) in [4.78, 5) is 6.97. The number of nitrogens with one attached hydrogen (secondary N) is 2. The second kappa shape index (κ2) is 14.1.